The molecule has 190 valence electrons. The van der Waals surface area contributed by atoms with Crippen LogP contribution in [0.2, 0.25) is 0 Å². The van der Waals surface area contributed by atoms with E-state index in [1.807, 2.05) is 113 Å². The molecule has 6 heteroatoms. The Morgan fingerprint density at radius 1 is 0.789 bits per heavy atom. The third-order valence-electron chi connectivity index (χ3n) is 4.94. The van der Waals surface area contributed by atoms with Crippen LogP contribution in [0.15, 0.2) is 78.1 Å². The van der Waals surface area contributed by atoms with Crippen LogP contribution in [0.5, 0.6) is 0 Å². The largest absolute Gasteiger partial charge is 0.528 e. The van der Waals surface area contributed by atoms with E-state index in [0.29, 0.717) is 21.6 Å². The highest BCUT2D eigenvalue weighted by molar-refractivity contribution is 7.14. The van der Waals surface area contributed by atoms with E-state index >= 15 is 0 Å². The molecule has 0 aliphatic rings. The summed E-state index contributed by atoms with van der Waals surface area (Å²) in [5, 5.41) is 19.3. The molecule has 5 nitrogen and oxygen atoms in total. The molecule has 0 aliphatic heterocycles. The van der Waals surface area contributed by atoms with Crippen molar-refractivity contribution < 1.29 is 0 Å². The van der Waals surface area contributed by atoms with Gasteiger partial charge in [-0.1, -0.05) is 76.2 Å². The average Bonchev–Trinajstić information content (AvgIpc) is 3.45. The highest BCUT2D eigenvalue weighted by atomic mass is 32.1. The summed E-state index contributed by atoms with van der Waals surface area (Å²) in [6.07, 6.45) is 3.96. The number of benzene rings is 2. The second-order valence-electron chi connectivity index (χ2n) is 7.28. The summed E-state index contributed by atoms with van der Waals surface area (Å²) < 4.78 is 0. The van der Waals surface area contributed by atoms with Crippen molar-refractivity contribution in [2.24, 2.45) is 0 Å². The van der Waals surface area contributed by atoms with Crippen molar-refractivity contribution >= 4 is 40.3 Å². The molecule has 2 aromatic carbocycles. The summed E-state index contributed by atoms with van der Waals surface area (Å²) in [4.78, 5) is 10.4. The Hall–Kier alpha value is -4.88. The van der Waals surface area contributed by atoms with Crippen LogP contribution in [0.25, 0.3) is 33.0 Å². The molecule has 0 amide bonds. The zero-order valence-corrected chi connectivity index (χ0v) is 23.5. The lowest BCUT2D eigenvalue weighted by Crippen LogP contribution is -2.07. The van der Waals surface area contributed by atoms with Gasteiger partial charge >= 0.3 is 5.82 Å². The molecule has 0 bridgehead atoms. The number of nitriles is 2. The van der Waals surface area contributed by atoms with Crippen molar-refractivity contribution in [2.75, 3.05) is 19.0 Å². The number of thiophene rings is 1. The molecule has 3 aromatic rings. The van der Waals surface area contributed by atoms with Crippen molar-refractivity contribution in [2.45, 2.75) is 27.7 Å². The van der Waals surface area contributed by atoms with Crippen LogP contribution in [0, 0.1) is 35.8 Å². The predicted octanol–water partition coefficient (Wildman–Crippen LogP) is 9.05. The topological polar surface area (TPSA) is 59.5 Å². The van der Waals surface area contributed by atoms with Gasteiger partial charge in [-0.3, -0.25) is 0 Å². The molecule has 0 unspecified atom stereocenters. The molecule has 0 saturated carbocycles. The minimum atomic E-state index is -0.182. The van der Waals surface area contributed by atoms with Crippen LogP contribution < -0.4 is 4.90 Å². The van der Waals surface area contributed by atoms with E-state index in [-0.39, 0.29) is 11.4 Å². The number of hydrogen-bond acceptors (Lipinski definition) is 4. The van der Waals surface area contributed by atoms with E-state index < -0.39 is 0 Å². The van der Waals surface area contributed by atoms with Crippen LogP contribution in [0.3, 0.4) is 0 Å². The standard InChI is InChI=1S/C28H19N5S.2C2H6/c1-31-28(32-2)27(26(22(18-29)19-30)21-8-6-5-7-9-21)25-17-16-24(34-25)15-12-20-10-13-23(14-11-20)33(3)4;2*1-2/h5-17H,3-4H3;2*1-2H3/b15-12+;;. The molecule has 1 heterocycles. The Balaban J connectivity index is 0.00000172. The smallest absolute Gasteiger partial charge is 0.378 e. The average molecular weight is 518 g/mol. The van der Waals surface area contributed by atoms with Gasteiger partial charge in [0.2, 0.25) is 0 Å². The van der Waals surface area contributed by atoms with Crippen LogP contribution in [-0.2, 0) is 0 Å². The third-order valence-corrected chi connectivity index (χ3v) is 6.01. The van der Waals surface area contributed by atoms with E-state index in [0.717, 1.165) is 16.1 Å². The Kier molecular flexibility index (Phi) is 13.7. The van der Waals surface area contributed by atoms with Crippen molar-refractivity contribution in [1.82, 2.24) is 0 Å². The van der Waals surface area contributed by atoms with Gasteiger partial charge in [-0.05, 0) is 41.5 Å². The number of hydrogen-bond donors (Lipinski definition) is 0. The quantitative estimate of drug-likeness (QED) is 0.186. The Labute approximate surface area is 231 Å². The summed E-state index contributed by atoms with van der Waals surface area (Å²) >= 11 is 1.40. The number of rotatable bonds is 6. The summed E-state index contributed by atoms with van der Waals surface area (Å²) in [7, 11) is 3.98. The zero-order chi connectivity index (χ0) is 28.5. The van der Waals surface area contributed by atoms with Crippen LogP contribution >= 0.6 is 11.3 Å². The molecule has 0 radical (unpaired) electrons. The van der Waals surface area contributed by atoms with Crippen LogP contribution in [0.4, 0.5) is 5.69 Å². The summed E-state index contributed by atoms with van der Waals surface area (Å²) in [6, 6.07) is 24.7. The van der Waals surface area contributed by atoms with E-state index in [1.165, 1.54) is 11.3 Å². The maximum absolute atomic E-state index is 9.63. The lowest BCUT2D eigenvalue weighted by molar-refractivity contribution is 1.13. The lowest BCUT2D eigenvalue weighted by atomic mass is 9.92. The maximum atomic E-state index is 9.63. The molecule has 0 atom stereocenters. The second-order valence-corrected chi connectivity index (χ2v) is 8.40. The van der Waals surface area contributed by atoms with Crippen LogP contribution in [0.1, 0.15) is 48.6 Å². The normalized spacial score (nSPS) is 9.11. The van der Waals surface area contributed by atoms with Gasteiger partial charge in [-0.15, -0.1) is 11.3 Å². The van der Waals surface area contributed by atoms with Crippen LogP contribution in [-0.4, -0.2) is 14.1 Å². The van der Waals surface area contributed by atoms with Crippen molar-refractivity contribution in [3.63, 3.8) is 0 Å². The molecule has 0 fully saturated rings. The lowest BCUT2D eigenvalue weighted by Gasteiger charge is -2.11. The molecule has 3 rings (SSSR count). The molecule has 0 N–H and O–H groups in total. The predicted molar refractivity (Wildman–Crippen MR) is 161 cm³/mol. The monoisotopic (exact) mass is 517 g/mol. The van der Waals surface area contributed by atoms with Gasteiger partial charge in [0.15, 0.2) is 0 Å². The van der Waals surface area contributed by atoms with E-state index in [9.17, 15) is 10.5 Å². The third kappa shape index (κ3) is 8.08. The summed E-state index contributed by atoms with van der Waals surface area (Å²) in [5.41, 5.74) is 3.21. The highest BCUT2D eigenvalue weighted by Gasteiger charge is 2.26. The van der Waals surface area contributed by atoms with Crippen molar-refractivity contribution in [1.29, 1.82) is 10.5 Å². The van der Waals surface area contributed by atoms with Gasteiger partial charge in [0, 0.05) is 35.1 Å². The van der Waals surface area contributed by atoms with Gasteiger partial charge in [0.1, 0.15) is 30.9 Å². The minimum absolute atomic E-state index is 0.141. The van der Waals surface area contributed by atoms with Gasteiger partial charge in [0.05, 0.1) is 5.57 Å². The van der Waals surface area contributed by atoms with Gasteiger partial charge < -0.3 is 4.90 Å². The number of allylic oxidation sites excluding steroid dienone is 3. The Morgan fingerprint density at radius 3 is 1.87 bits per heavy atom. The number of nitrogens with zero attached hydrogens (tertiary/aromatic N) is 5. The maximum Gasteiger partial charge on any atom is 0.528 e. The van der Waals surface area contributed by atoms with E-state index in [1.54, 1.807) is 24.3 Å². The van der Waals surface area contributed by atoms with Crippen molar-refractivity contribution in [3.05, 3.63) is 122 Å². The fraction of sp³-hybridized carbons (Fsp3) is 0.188. The zero-order valence-electron chi connectivity index (χ0n) is 22.6. The SMILES string of the molecule is CC.CC.[C-]#[N+]C([N+]#[C-])=C(C(=C(C#N)C#N)c1ccccc1)c1ccc(/C=C/c2ccc(N(C)C)cc2)s1. The molecule has 0 spiro atoms. The fourth-order valence-corrected chi connectivity index (χ4v) is 4.23. The highest BCUT2D eigenvalue weighted by Crippen LogP contribution is 2.40. The first-order valence-corrected chi connectivity index (χ1v) is 13.0. The van der Waals surface area contributed by atoms with Gasteiger partial charge in [-0.2, -0.15) is 20.2 Å². The molecule has 1 aromatic heterocycles. The summed E-state index contributed by atoms with van der Waals surface area (Å²) in [6.45, 7) is 23.1. The first-order chi connectivity index (χ1) is 18.5. The second kappa shape index (κ2) is 16.7. The molecule has 38 heavy (non-hydrogen) atoms. The van der Waals surface area contributed by atoms with Gasteiger partial charge in [-0.25, -0.2) is 0 Å². The van der Waals surface area contributed by atoms with E-state index in [2.05, 4.69) is 9.69 Å². The molecular weight excluding hydrogens is 486 g/mol. The fourth-order valence-electron chi connectivity index (χ4n) is 3.28. The Morgan fingerprint density at radius 2 is 1.37 bits per heavy atom. The first-order valence-electron chi connectivity index (χ1n) is 12.2. The summed E-state index contributed by atoms with van der Waals surface area (Å²) in [5.74, 6) is -0.182. The van der Waals surface area contributed by atoms with Crippen molar-refractivity contribution in [3.8, 4) is 12.1 Å². The van der Waals surface area contributed by atoms with E-state index in [4.69, 9.17) is 13.1 Å². The first kappa shape index (κ1) is 31.2. The molecule has 0 saturated heterocycles. The Bertz CT molecular complexity index is 1410. The molecule has 0 aliphatic carbocycles. The minimum Gasteiger partial charge on any atom is -0.378 e. The molecular formula is C32H31N5S. The number of anilines is 1. The van der Waals surface area contributed by atoms with Gasteiger partial charge in [0.25, 0.3) is 0 Å².